The van der Waals surface area contributed by atoms with Crippen LogP contribution in [0.2, 0.25) is 0 Å². The minimum absolute atomic E-state index is 0.0626. The number of nitrogens with two attached hydrogens (primary N) is 1. The third kappa shape index (κ3) is 2.27. The van der Waals surface area contributed by atoms with Crippen molar-refractivity contribution in [3.8, 4) is 0 Å². The first-order valence-electron chi connectivity index (χ1n) is 7.89. The van der Waals surface area contributed by atoms with Crippen LogP contribution in [0.5, 0.6) is 0 Å². The highest BCUT2D eigenvalue weighted by molar-refractivity contribution is 6.06. The van der Waals surface area contributed by atoms with Crippen LogP contribution < -0.4 is 5.73 Å². The molecule has 2 unspecified atom stereocenters. The maximum Gasteiger partial charge on any atom is 0.236 e. The molecule has 0 aromatic rings. The molecule has 114 valence electrons. The zero-order chi connectivity index (χ0) is 14.8. The Bertz CT molecular complexity index is 391. The fourth-order valence-electron chi connectivity index (χ4n) is 4.10. The molecule has 2 atom stereocenters. The SMILES string of the molecule is CCC(CC)(C(=O)N1CCCC2CCCC21)C(N)=NO. The molecule has 2 rings (SSSR count). The Kier molecular flexibility index (Phi) is 4.55. The molecule has 0 aromatic carbocycles. The minimum Gasteiger partial charge on any atom is -0.409 e. The maximum absolute atomic E-state index is 13.1. The predicted octanol–water partition coefficient (Wildman–Crippen LogP) is 2.33. The van der Waals surface area contributed by atoms with E-state index in [4.69, 9.17) is 10.9 Å². The average molecular weight is 281 g/mol. The van der Waals surface area contributed by atoms with E-state index in [1.807, 2.05) is 18.7 Å². The summed E-state index contributed by atoms with van der Waals surface area (Å²) in [6.07, 6.45) is 7.03. The zero-order valence-electron chi connectivity index (χ0n) is 12.6. The predicted molar refractivity (Wildman–Crippen MR) is 78.5 cm³/mol. The molecule has 2 fully saturated rings. The summed E-state index contributed by atoms with van der Waals surface area (Å²) in [5.41, 5.74) is 5.04. The summed E-state index contributed by atoms with van der Waals surface area (Å²) in [6.45, 7) is 4.70. The van der Waals surface area contributed by atoms with Gasteiger partial charge in [0.1, 0.15) is 5.41 Å². The lowest BCUT2D eigenvalue weighted by Gasteiger charge is -2.43. The molecule has 0 spiro atoms. The highest BCUT2D eigenvalue weighted by Gasteiger charge is 2.47. The summed E-state index contributed by atoms with van der Waals surface area (Å²) in [4.78, 5) is 15.1. The molecular formula is C15H27N3O2. The van der Waals surface area contributed by atoms with Crippen LogP contribution in [0.4, 0.5) is 0 Å². The van der Waals surface area contributed by atoms with Gasteiger partial charge < -0.3 is 15.8 Å². The van der Waals surface area contributed by atoms with E-state index in [0.717, 1.165) is 19.4 Å². The summed E-state index contributed by atoms with van der Waals surface area (Å²) in [5, 5.41) is 12.2. The van der Waals surface area contributed by atoms with Crippen molar-refractivity contribution in [1.82, 2.24) is 4.90 Å². The average Bonchev–Trinajstić information content (AvgIpc) is 2.96. The highest BCUT2D eigenvalue weighted by Crippen LogP contribution is 2.40. The van der Waals surface area contributed by atoms with Crippen molar-refractivity contribution in [3.63, 3.8) is 0 Å². The standard InChI is InChI=1S/C15H27N3O2/c1-3-15(4-2,13(16)17-20)14(19)18-10-6-8-11-7-5-9-12(11)18/h11-12,20H,3-10H2,1-2H3,(H2,16,17). The Hall–Kier alpha value is -1.26. The molecule has 0 bridgehead atoms. The second kappa shape index (κ2) is 6.02. The smallest absolute Gasteiger partial charge is 0.236 e. The summed E-state index contributed by atoms with van der Waals surface area (Å²) < 4.78 is 0. The Balaban J connectivity index is 2.27. The summed E-state index contributed by atoms with van der Waals surface area (Å²) in [6, 6.07) is 0.375. The number of likely N-dealkylation sites (tertiary alicyclic amines) is 1. The lowest BCUT2D eigenvalue weighted by molar-refractivity contribution is -0.143. The van der Waals surface area contributed by atoms with Gasteiger partial charge in [-0.15, -0.1) is 0 Å². The van der Waals surface area contributed by atoms with E-state index in [1.54, 1.807) is 0 Å². The molecule has 1 saturated carbocycles. The van der Waals surface area contributed by atoms with Crippen molar-refractivity contribution in [2.75, 3.05) is 6.54 Å². The Morgan fingerprint density at radius 3 is 2.55 bits per heavy atom. The number of amidine groups is 1. The van der Waals surface area contributed by atoms with Crippen LogP contribution in [0, 0.1) is 11.3 Å². The molecule has 5 nitrogen and oxygen atoms in total. The molecule has 1 saturated heterocycles. The van der Waals surface area contributed by atoms with Gasteiger partial charge in [0.2, 0.25) is 5.91 Å². The highest BCUT2D eigenvalue weighted by atomic mass is 16.4. The largest absolute Gasteiger partial charge is 0.409 e. The van der Waals surface area contributed by atoms with E-state index in [0.29, 0.717) is 24.8 Å². The normalized spacial score (nSPS) is 27.5. The molecule has 3 N–H and O–H groups in total. The van der Waals surface area contributed by atoms with Gasteiger partial charge in [0.05, 0.1) is 0 Å². The van der Waals surface area contributed by atoms with Crippen molar-refractivity contribution in [1.29, 1.82) is 0 Å². The topological polar surface area (TPSA) is 78.9 Å². The van der Waals surface area contributed by atoms with Gasteiger partial charge in [-0.25, -0.2) is 0 Å². The number of hydrogen-bond acceptors (Lipinski definition) is 3. The number of hydrogen-bond donors (Lipinski definition) is 2. The zero-order valence-corrected chi connectivity index (χ0v) is 12.6. The fourth-order valence-corrected chi connectivity index (χ4v) is 4.10. The van der Waals surface area contributed by atoms with Gasteiger partial charge >= 0.3 is 0 Å². The van der Waals surface area contributed by atoms with E-state index >= 15 is 0 Å². The van der Waals surface area contributed by atoms with Gasteiger partial charge in [0.15, 0.2) is 5.84 Å². The van der Waals surface area contributed by atoms with Crippen molar-refractivity contribution in [2.45, 2.75) is 64.8 Å². The van der Waals surface area contributed by atoms with Crippen LogP contribution in [0.1, 0.15) is 58.8 Å². The van der Waals surface area contributed by atoms with Crippen LogP contribution >= 0.6 is 0 Å². The van der Waals surface area contributed by atoms with Crippen LogP contribution in [0.25, 0.3) is 0 Å². The lowest BCUT2D eigenvalue weighted by atomic mass is 9.78. The molecule has 1 aliphatic carbocycles. The number of carbonyl (C=O) groups is 1. The molecule has 1 amide bonds. The van der Waals surface area contributed by atoms with E-state index in [2.05, 4.69) is 5.16 Å². The van der Waals surface area contributed by atoms with E-state index in [9.17, 15) is 4.79 Å². The van der Waals surface area contributed by atoms with Gasteiger partial charge in [0.25, 0.3) is 0 Å². The van der Waals surface area contributed by atoms with Gasteiger partial charge in [0, 0.05) is 12.6 Å². The van der Waals surface area contributed by atoms with Gasteiger partial charge in [-0.3, -0.25) is 4.79 Å². The number of nitrogens with zero attached hydrogens (tertiary/aromatic N) is 2. The number of amides is 1. The van der Waals surface area contributed by atoms with Crippen LogP contribution in [-0.2, 0) is 4.79 Å². The molecule has 0 aromatic heterocycles. The van der Waals surface area contributed by atoms with Crippen LogP contribution in [0.3, 0.4) is 0 Å². The van der Waals surface area contributed by atoms with Gasteiger partial charge in [-0.2, -0.15) is 0 Å². The number of carbonyl (C=O) groups excluding carboxylic acids is 1. The van der Waals surface area contributed by atoms with E-state index < -0.39 is 5.41 Å². The minimum atomic E-state index is -0.834. The second-order valence-electron chi connectivity index (χ2n) is 6.17. The number of piperidine rings is 1. The van der Waals surface area contributed by atoms with E-state index in [1.165, 1.54) is 19.3 Å². The molecule has 2 aliphatic rings. The van der Waals surface area contributed by atoms with Gasteiger partial charge in [-0.05, 0) is 44.4 Å². The van der Waals surface area contributed by atoms with E-state index in [-0.39, 0.29) is 11.7 Å². The number of oxime groups is 1. The maximum atomic E-state index is 13.1. The third-order valence-corrected chi connectivity index (χ3v) is 5.47. The molecule has 20 heavy (non-hydrogen) atoms. The Labute approximate surface area is 121 Å². The summed E-state index contributed by atoms with van der Waals surface area (Å²) >= 11 is 0. The monoisotopic (exact) mass is 281 g/mol. The molecule has 0 radical (unpaired) electrons. The summed E-state index contributed by atoms with van der Waals surface area (Å²) in [7, 11) is 0. The third-order valence-electron chi connectivity index (χ3n) is 5.47. The first-order valence-corrected chi connectivity index (χ1v) is 7.89. The lowest BCUT2D eigenvalue weighted by Crippen LogP contribution is -2.56. The number of fused-ring (bicyclic) bond motifs is 1. The Morgan fingerprint density at radius 2 is 1.95 bits per heavy atom. The molecule has 1 aliphatic heterocycles. The summed E-state index contributed by atoms with van der Waals surface area (Å²) in [5.74, 6) is 0.786. The molecular weight excluding hydrogens is 254 g/mol. The fraction of sp³-hybridized carbons (Fsp3) is 0.867. The van der Waals surface area contributed by atoms with Gasteiger partial charge in [-0.1, -0.05) is 25.4 Å². The van der Waals surface area contributed by atoms with Crippen LogP contribution in [-0.4, -0.2) is 34.4 Å². The quantitative estimate of drug-likeness (QED) is 0.359. The van der Waals surface area contributed by atoms with Crippen molar-refractivity contribution >= 4 is 11.7 Å². The number of rotatable bonds is 4. The van der Waals surface area contributed by atoms with Crippen molar-refractivity contribution < 1.29 is 10.0 Å². The van der Waals surface area contributed by atoms with Crippen molar-refractivity contribution in [3.05, 3.63) is 0 Å². The first kappa shape index (κ1) is 15.1. The first-order chi connectivity index (χ1) is 9.60. The van der Waals surface area contributed by atoms with Crippen molar-refractivity contribution in [2.24, 2.45) is 22.2 Å². The molecule has 1 heterocycles. The second-order valence-corrected chi connectivity index (χ2v) is 6.17. The van der Waals surface area contributed by atoms with Crippen LogP contribution in [0.15, 0.2) is 5.16 Å². The molecule has 5 heteroatoms. The Morgan fingerprint density at radius 1 is 1.30 bits per heavy atom.